The molecule has 1 aliphatic heterocycles. The van der Waals surface area contributed by atoms with Crippen LogP contribution in [0.25, 0.3) is 0 Å². The van der Waals surface area contributed by atoms with E-state index in [0.29, 0.717) is 18.7 Å². The molecule has 2 heterocycles. The van der Waals surface area contributed by atoms with E-state index >= 15 is 0 Å². The lowest BCUT2D eigenvalue weighted by Gasteiger charge is -2.30. The molecule has 0 aliphatic carbocycles. The predicted molar refractivity (Wildman–Crippen MR) is 93.3 cm³/mol. The molecule has 1 amide bonds. The summed E-state index contributed by atoms with van der Waals surface area (Å²) in [6.07, 6.45) is 2.74. The highest BCUT2D eigenvalue weighted by molar-refractivity contribution is 5.94. The highest BCUT2D eigenvalue weighted by Crippen LogP contribution is 2.25. The first-order valence-electron chi connectivity index (χ1n) is 8.48. The lowest BCUT2D eigenvalue weighted by Crippen LogP contribution is -2.37. The summed E-state index contributed by atoms with van der Waals surface area (Å²) < 4.78 is 7.52. The fourth-order valence-electron chi connectivity index (χ4n) is 3.13. The molecular formula is C19H25N3O2. The summed E-state index contributed by atoms with van der Waals surface area (Å²) in [5, 5.41) is 4.53. The van der Waals surface area contributed by atoms with E-state index in [1.807, 2.05) is 42.3 Å². The number of benzene rings is 1. The second-order valence-corrected chi connectivity index (χ2v) is 7.13. The average molecular weight is 327 g/mol. The number of aromatic nitrogens is 2. The van der Waals surface area contributed by atoms with Crippen molar-refractivity contribution in [1.29, 1.82) is 0 Å². The van der Waals surface area contributed by atoms with Crippen LogP contribution in [0.4, 0.5) is 0 Å². The molecule has 0 spiro atoms. The van der Waals surface area contributed by atoms with Crippen LogP contribution in [0.5, 0.6) is 5.75 Å². The van der Waals surface area contributed by atoms with Gasteiger partial charge in [-0.3, -0.25) is 9.48 Å². The minimum atomic E-state index is -0.0329. The smallest absolute Gasteiger partial charge is 0.254 e. The molecule has 0 saturated carbocycles. The third kappa shape index (κ3) is 3.16. The van der Waals surface area contributed by atoms with Gasteiger partial charge in [0.05, 0.1) is 18.3 Å². The van der Waals surface area contributed by atoms with Crippen molar-refractivity contribution < 1.29 is 9.53 Å². The first-order valence-corrected chi connectivity index (χ1v) is 8.48. The van der Waals surface area contributed by atoms with Crippen LogP contribution >= 0.6 is 0 Å². The SMILES string of the molecule is CCOc1ccc(C(=O)N2CCc3c(cnn3C(C)(C)C)C2)cc1. The van der Waals surface area contributed by atoms with Gasteiger partial charge in [0.2, 0.25) is 0 Å². The maximum Gasteiger partial charge on any atom is 0.254 e. The van der Waals surface area contributed by atoms with E-state index in [9.17, 15) is 4.79 Å². The van der Waals surface area contributed by atoms with Crippen molar-refractivity contribution >= 4 is 5.91 Å². The van der Waals surface area contributed by atoms with E-state index in [0.717, 1.165) is 24.3 Å². The fourth-order valence-corrected chi connectivity index (χ4v) is 3.13. The second kappa shape index (κ2) is 6.30. The van der Waals surface area contributed by atoms with Crippen molar-refractivity contribution in [2.75, 3.05) is 13.2 Å². The van der Waals surface area contributed by atoms with E-state index in [1.165, 1.54) is 5.69 Å². The highest BCUT2D eigenvalue weighted by atomic mass is 16.5. The normalized spacial score (nSPS) is 14.4. The zero-order chi connectivity index (χ0) is 17.3. The predicted octanol–water partition coefficient (Wildman–Crippen LogP) is 3.24. The van der Waals surface area contributed by atoms with E-state index in [1.54, 1.807) is 0 Å². The number of hydrogen-bond donors (Lipinski definition) is 0. The number of hydrogen-bond acceptors (Lipinski definition) is 3. The molecule has 1 aliphatic rings. The first kappa shape index (κ1) is 16.6. The Morgan fingerprint density at radius 2 is 1.96 bits per heavy atom. The van der Waals surface area contributed by atoms with Gasteiger partial charge in [-0.2, -0.15) is 5.10 Å². The summed E-state index contributed by atoms with van der Waals surface area (Å²) in [4.78, 5) is 14.6. The second-order valence-electron chi connectivity index (χ2n) is 7.13. The van der Waals surface area contributed by atoms with Crippen LogP contribution in [0.15, 0.2) is 30.5 Å². The maximum absolute atomic E-state index is 12.7. The zero-order valence-corrected chi connectivity index (χ0v) is 14.9. The van der Waals surface area contributed by atoms with Gasteiger partial charge in [-0.25, -0.2) is 0 Å². The number of fused-ring (bicyclic) bond motifs is 1. The molecule has 2 aromatic rings. The molecule has 0 radical (unpaired) electrons. The minimum Gasteiger partial charge on any atom is -0.494 e. The number of carbonyl (C=O) groups excluding carboxylic acids is 1. The molecule has 5 nitrogen and oxygen atoms in total. The highest BCUT2D eigenvalue weighted by Gasteiger charge is 2.27. The number of nitrogens with zero attached hydrogens (tertiary/aromatic N) is 3. The van der Waals surface area contributed by atoms with Gasteiger partial charge in [0.1, 0.15) is 5.75 Å². The molecule has 24 heavy (non-hydrogen) atoms. The van der Waals surface area contributed by atoms with Crippen LogP contribution in [0.3, 0.4) is 0 Å². The standard InChI is InChI=1S/C19H25N3O2/c1-5-24-16-8-6-14(7-9-16)18(23)21-11-10-17-15(13-21)12-20-22(17)19(2,3)4/h6-9,12H,5,10-11,13H2,1-4H3. The average Bonchev–Trinajstić information content (AvgIpc) is 2.98. The lowest BCUT2D eigenvalue weighted by atomic mass is 10.0. The molecule has 0 bridgehead atoms. The number of carbonyl (C=O) groups is 1. The van der Waals surface area contributed by atoms with Crippen molar-refractivity contribution in [1.82, 2.24) is 14.7 Å². The van der Waals surface area contributed by atoms with Crippen LogP contribution in [-0.2, 0) is 18.5 Å². The van der Waals surface area contributed by atoms with Gasteiger partial charge in [-0.15, -0.1) is 0 Å². The van der Waals surface area contributed by atoms with E-state index in [4.69, 9.17) is 4.74 Å². The van der Waals surface area contributed by atoms with Crippen LogP contribution in [0, 0.1) is 0 Å². The van der Waals surface area contributed by atoms with Gasteiger partial charge in [0.25, 0.3) is 5.91 Å². The summed E-state index contributed by atoms with van der Waals surface area (Å²) in [5.74, 6) is 0.855. The third-order valence-electron chi connectivity index (χ3n) is 4.27. The van der Waals surface area contributed by atoms with Gasteiger partial charge in [0, 0.05) is 36.3 Å². The van der Waals surface area contributed by atoms with Crippen LogP contribution in [0.2, 0.25) is 0 Å². The van der Waals surface area contributed by atoms with E-state index < -0.39 is 0 Å². The van der Waals surface area contributed by atoms with Crippen molar-refractivity contribution in [3.05, 3.63) is 47.3 Å². The molecule has 3 rings (SSSR count). The van der Waals surface area contributed by atoms with Crippen molar-refractivity contribution in [3.8, 4) is 5.75 Å². The summed E-state index contributed by atoms with van der Waals surface area (Å²) in [7, 11) is 0. The Labute approximate surface area is 143 Å². The molecule has 0 N–H and O–H groups in total. The van der Waals surface area contributed by atoms with Crippen LogP contribution in [0.1, 0.15) is 49.3 Å². The quantitative estimate of drug-likeness (QED) is 0.869. The molecule has 0 unspecified atom stereocenters. The Bertz CT molecular complexity index is 726. The third-order valence-corrected chi connectivity index (χ3v) is 4.27. The molecular weight excluding hydrogens is 302 g/mol. The Balaban J connectivity index is 1.75. The van der Waals surface area contributed by atoms with Gasteiger partial charge < -0.3 is 9.64 Å². The molecule has 1 aromatic heterocycles. The zero-order valence-electron chi connectivity index (χ0n) is 14.9. The van der Waals surface area contributed by atoms with E-state index in [2.05, 4.69) is 30.6 Å². The first-order chi connectivity index (χ1) is 11.4. The van der Waals surface area contributed by atoms with E-state index in [-0.39, 0.29) is 11.4 Å². The summed E-state index contributed by atoms with van der Waals surface area (Å²) >= 11 is 0. The Morgan fingerprint density at radius 3 is 2.58 bits per heavy atom. The largest absolute Gasteiger partial charge is 0.494 e. The fraction of sp³-hybridized carbons (Fsp3) is 0.474. The Hall–Kier alpha value is -2.30. The van der Waals surface area contributed by atoms with Crippen molar-refractivity contribution in [2.24, 2.45) is 0 Å². The maximum atomic E-state index is 12.7. The monoisotopic (exact) mass is 327 g/mol. The summed E-state index contributed by atoms with van der Waals surface area (Å²) in [6.45, 7) is 10.4. The molecule has 5 heteroatoms. The number of ether oxygens (including phenoxy) is 1. The summed E-state index contributed by atoms with van der Waals surface area (Å²) in [6, 6.07) is 7.37. The topological polar surface area (TPSA) is 47.4 Å². The molecule has 0 atom stereocenters. The number of rotatable bonds is 3. The lowest BCUT2D eigenvalue weighted by molar-refractivity contribution is 0.0732. The van der Waals surface area contributed by atoms with Gasteiger partial charge in [0.15, 0.2) is 0 Å². The van der Waals surface area contributed by atoms with Crippen LogP contribution < -0.4 is 4.74 Å². The molecule has 0 saturated heterocycles. The van der Waals surface area contributed by atoms with Crippen molar-refractivity contribution in [3.63, 3.8) is 0 Å². The molecule has 128 valence electrons. The van der Waals surface area contributed by atoms with Crippen molar-refractivity contribution in [2.45, 2.75) is 46.2 Å². The Morgan fingerprint density at radius 1 is 1.25 bits per heavy atom. The van der Waals surface area contributed by atoms with Gasteiger partial charge in [-0.1, -0.05) is 0 Å². The minimum absolute atomic E-state index is 0.0329. The van der Waals surface area contributed by atoms with Gasteiger partial charge >= 0.3 is 0 Å². The van der Waals surface area contributed by atoms with Crippen LogP contribution in [-0.4, -0.2) is 33.7 Å². The molecule has 0 fully saturated rings. The number of amides is 1. The van der Waals surface area contributed by atoms with Gasteiger partial charge in [-0.05, 0) is 52.0 Å². The summed E-state index contributed by atoms with van der Waals surface area (Å²) in [5.41, 5.74) is 3.06. The Kier molecular flexibility index (Phi) is 4.35. The molecule has 1 aromatic carbocycles.